The molecule has 6 nitrogen and oxygen atoms in total. The molecule has 2 fully saturated rings. The third kappa shape index (κ3) is 3.85. The molecule has 3 N–H and O–H groups in total. The number of rotatable bonds is 4. The van der Waals surface area contributed by atoms with Crippen LogP contribution in [-0.2, 0) is 9.53 Å². The summed E-state index contributed by atoms with van der Waals surface area (Å²) in [7, 11) is 0. The Morgan fingerprint density at radius 2 is 2.00 bits per heavy atom. The van der Waals surface area contributed by atoms with Gasteiger partial charge in [0.05, 0.1) is 5.92 Å². The molecule has 0 aromatic rings. The van der Waals surface area contributed by atoms with Crippen LogP contribution in [0.3, 0.4) is 0 Å². The molecule has 1 aliphatic heterocycles. The van der Waals surface area contributed by atoms with E-state index in [1.165, 1.54) is 0 Å². The SMILES string of the molecule is CC1(CNC(=O)NC2CCCC2C(=O)O)CCOCC1. The molecular weight excluding hydrogens is 260 g/mol. The number of urea groups is 1. The lowest BCUT2D eigenvalue weighted by Crippen LogP contribution is -2.48. The van der Waals surface area contributed by atoms with Gasteiger partial charge in [-0.3, -0.25) is 4.79 Å². The van der Waals surface area contributed by atoms with E-state index >= 15 is 0 Å². The van der Waals surface area contributed by atoms with Gasteiger partial charge in [0.1, 0.15) is 0 Å². The number of amides is 2. The van der Waals surface area contributed by atoms with E-state index < -0.39 is 11.9 Å². The van der Waals surface area contributed by atoms with Gasteiger partial charge in [0, 0.05) is 25.8 Å². The summed E-state index contributed by atoms with van der Waals surface area (Å²) in [5.74, 6) is -1.26. The van der Waals surface area contributed by atoms with Gasteiger partial charge in [0.15, 0.2) is 0 Å². The monoisotopic (exact) mass is 284 g/mol. The Labute approximate surface area is 119 Å². The number of hydrogen-bond acceptors (Lipinski definition) is 3. The maximum Gasteiger partial charge on any atom is 0.315 e. The van der Waals surface area contributed by atoms with E-state index in [4.69, 9.17) is 9.84 Å². The minimum absolute atomic E-state index is 0.0808. The highest BCUT2D eigenvalue weighted by Crippen LogP contribution is 2.29. The van der Waals surface area contributed by atoms with Crippen molar-refractivity contribution >= 4 is 12.0 Å². The molecule has 114 valence electrons. The molecule has 2 rings (SSSR count). The molecule has 1 heterocycles. The van der Waals surface area contributed by atoms with Crippen molar-refractivity contribution in [3.63, 3.8) is 0 Å². The minimum Gasteiger partial charge on any atom is -0.481 e. The second-order valence-electron chi connectivity index (χ2n) is 6.23. The Hall–Kier alpha value is -1.30. The smallest absolute Gasteiger partial charge is 0.315 e. The Morgan fingerprint density at radius 3 is 2.65 bits per heavy atom. The quantitative estimate of drug-likeness (QED) is 0.727. The van der Waals surface area contributed by atoms with Gasteiger partial charge in [-0.05, 0) is 31.1 Å². The van der Waals surface area contributed by atoms with Crippen LogP contribution in [0, 0.1) is 11.3 Å². The summed E-state index contributed by atoms with van der Waals surface area (Å²) >= 11 is 0. The summed E-state index contributed by atoms with van der Waals surface area (Å²) in [4.78, 5) is 23.0. The lowest BCUT2D eigenvalue weighted by atomic mass is 9.82. The van der Waals surface area contributed by atoms with Gasteiger partial charge < -0.3 is 20.5 Å². The molecular formula is C14H24N2O4. The molecule has 0 bridgehead atoms. The second-order valence-corrected chi connectivity index (χ2v) is 6.23. The first-order valence-corrected chi connectivity index (χ1v) is 7.35. The lowest BCUT2D eigenvalue weighted by molar-refractivity contribution is -0.142. The summed E-state index contributed by atoms with van der Waals surface area (Å²) in [6.45, 7) is 4.23. The number of carbonyl (C=O) groups excluding carboxylic acids is 1. The number of hydrogen-bond donors (Lipinski definition) is 3. The standard InChI is InChI=1S/C14H24N2O4/c1-14(5-7-20-8-6-14)9-15-13(19)16-11-4-2-3-10(11)12(17)18/h10-11H,2-9H2,1H3,(H,17,18)(H2,15,16,19). The fourth-order valence-electron chi connectivity index (χ4n) is 2.98. The van der Waals surface area contributed by atoms with Crippen LogP contribution in [0.4, 0.5) is 4.79 Å². The number of carboxylic acids is 1. The zero-order chi connectivity index (χ0) is 14.6. The van der Waals surface area contributed by atoms with Crippen molar-refractivity contribution in [1.82, 2.24) is 10.6 Å². The number of carboxylic acid groups (broad SMARTS) is 1. The van der Waals surface area contributed by atoms with Gasteiger partial charge in [-0.25, -0.2) is 4.79 Å². The average molecular weight is 284 g/mol. The first-order chi connectivity index (χ1) is 9.50. The molecule has 2 atom stereocenters. The van der Waals surface area contributed by atoms with Crippen LogP contribution in [-0.4, -0.2) is 42.9 Å². The number of aliphatic carboxylic acids is 1. The first kappa shape index (κ1) is 15.1. The zero-order valence-corrected chi connectivity index (χ0v) is 12.0. The van der Waals surface area contributed by atoms with E-state index in [0.29, 0.717) is 13.0 Å². The zero-order valence-electron chi connectivity index (χ0n) is 12.0. The lowest BCUT2D eigenvalue weighted by Gasteiger charge is -2.33. The van der Waals surface area contributed by atoms with Crippen molar-refractivity contribution in [2.75, 3.05) is 19.8 Å². The van der Waals surface area contributed by atoms with Crippen molar-refractivity contribution in [2.24, 2.45) is 11.3 Å². The summed E-state index contributed by atoms with van der Waals surface area (Å²) in [5, 5.41) is 14.8. The number of carbonyl (C=O) groups is 2. The summed E-state index contributed by atoms with van der Waals surface area (Å²) in [5.41, 5.74) is 0.0808. The fourth-order valence-corrected chi connectivity index (χ4v) is 2.98. The van der Waals surface area contributed by atoms with Gasteiger partial charge in [0.2, 0.25) is 0 Å². The molecule has 20 heavy (non-hydrogen) atoms. The van der Waals surface area contributed by atoms with Gasteiger partial charge in [0.25, 0.3) is 0 Å². The largest absolute Gasteiger partial charge is 0.481 e. The molecule has 2 unspecified atom stereocenters. The van der Waals surface area contributed by atoms with Crippen molar-refractivity contribution in [2.45, 2.75) is 45.1 Å². The van der Waals surface area contributed by atoms with Crippen LogP contribution in [0.25, 0.3) is 0 Å². The molecule has 0 spiro atoms. The highest BCUT2D eigenvalue weighted by molar-refractivity contribution is 5.77. The third-order valence-electron chi connectivity index (χ3n) is 4.53. The molecule has 2 amide bonds. The predicted octanol–water partition coefficient (Wildman–Crippen LogP) is 1.36. The van der Waals surface area contributed by atoms with E-state index in [1.807, 2.05) is 0 Å². The highest BCUT2D eigenvalue weighted by Gasteiger charge is 2.34. The van der Waals surface area contributed by atoms with Crippen molar-refractivity contribution in [3.8, 4) is 0 Å². The van der Waals surface area contributed by atoms with E-state index in [-0.39, 0.29) is 17.5 Å². The Balaban J connectivity index is 1.76. The van der Waals surface area contributed by atoms with Crippen molar-refractivity contribution in [3.05, 3.63) is 0 Å². The molecule has 1 aliphatic carbocycles. The van der Waals surface area contributed by atoms with Crippen LogP contribution in [0.15, 0.2) is 0 Å². The minimum atomic E-state index is -0.816. The van der Waals surface area contributed by atoms with E-state index in [0.717, 1.165) is 38.9 Å². The Kier molecular flexibility index (Phi) is 4.86. The first-order valence-electron chi connectivity index (χ1n) is 7.35. The molecule has 0 aromatic carbocycles. The molecule has 1 saturated heterocycles. The normalized spacial score (nSPS) is 28.9. The summed E-state index contributed by atoms with van der Waals surface area (Å²) in [6.07, 6.45) is 4.13. The van der Waals surface area contributed by atoms with Crippen LogP contribution in [0.2, 0.25) is 0 Å². The van der Waals surface area contributed by atoms with Gasteiger partial charge in [-0.2, -0.15) is 0 Å². The molecule has 0 radical (unpaired) electrons. The van der Waals surface area contributed by atoms with Gasteiger partial charge in [-0.15, -0.1) is 0 Å². The molecule has 6 heteroatoms. The summed E-state index contributed by atoms with van der Waals surface area (Å²) < 4.78 is 5.33. The fraction of sp³-hybridized carbons (Fsp3) is 0.857. The van der Waals surface area contributed by atoms with Gasteiger partial charge >= 0.3 is 12.0 Å². The van der Waals surface area contributed by atoms with Crippen molar-refractivity contribution in [1.29, 1.82) is 0 Å². The molecule has 1 saturated carbocycles. The summed E-state index contributed by atoms with van der Waals surface area (Å²) in [6, 6.07) is -0.495. The van der Waals surface area contributed by atoms with Crippen molar-refractivity contribution < 1.29 is 19.4 Å². The highest BCUT2D eigenvalue weighted by atomic mass is 16.5. The Morgan fingerprint density at radius 1 is 1.30 bits per heavy atom. The van der Waals surface area contributed by atoms with E-state index in [1.54, 1.807) is 0 Å². The third-order valence-corrected chi connectivity index (χ3v) is 4.53. The second kappa shape index (κ2) is 6.43. The average Bonchev–Trinajstić information content (AvgIpc) is 2.86. The van der Waals surface area contributed by atoms with Crippen LogP contribution in [0.5, 0.6) is 0 Å². The topological polar surface area (TPSA) is 87.7 Å². The van der Waals surface area contributed by atoms with Crippen LogP contribution >= 0.6 is 0 Å². The van der Waals surface area contributed by atoms with E-state index in [9.17, 15) is 9.59 Å². The molecule has 2 aliphatic rings. The number of ether oxygens (including phenoxy) is 1. The number of nitrogens with one attached hydrogen (secondary N) is 2. The molecule has 0 aromatic heterocycles. The van der Waals surface area contributed by atoms with E-state index in [2.05, 4.69) is 17.6 Å². The Bertz CT molecular complexity index is 366. The van der Waals surface area contributed by atoms with Gasteiger partial charge in [-0.1, -0.05) is 13.3 Å². The van der Waals surface area contributed by atoms with Crippen LogP contribution in [0.1, 0.15) is 39.0 Å². The predicted molar refractivity (Wildman–Crippen MR) is 73.5 cm³/mol. The maximum atomic E-state index is 11.9. The maximum absolute atomic E-state index is 11.9. The van der Waals surface area contributed by atoms with Crippen LogP contribution < -0.4 is 10.6 Å².